The Bertz CT molecular complexity index is 458. The van der Waals surface area contributed by atoms with Crippen LogP contribution in [0.15, 0.2) is 6.20 Å². The highest BCUT2D eigenvalue weighted by Gasteiger charge is 2.32. The molecule has 1 aromatic rings. The van der Waals surface area contributed by atoms with E-state index in [0.717, 1.165) is 0 Å². The quantitative estimate of drug-likeness (QED) is 0.696. The largest absolute Gasteiger partial charge is 0.478 e. The number of ether oxygens (including phenoxy) is 1. The first kappa shape index (κ1) is 12.7. The molecule has 3 N–H and O–H groups in total. The number of carboxylic acid groups (broad SMARTS) is 1. The van der Waals surface area contributed by atoms with Gasteiger partial charge in [0.2, 0.25) is 5.95 Å². The average molecular weight is 253 g/mol. The molecule has 0 aromatic carbocycles. The van der Waals surface area contributed by atoms with Crippen LogP contribution in [0.4, 0.5) is 5.95 Å². The van der Waals surface area contributed by atoms with Crippen LogP contribution < -0.4 is 5.32 Å². The molecule has 1 atom stereocenters. The van der Waals surface area contributed by atoms with Crippen molar-refractivity contribution in [2.45, 2.75) is 18.9 Å². The molecule has 1 saturated heterocycles. The van der Waals surface area contributed by atoms with Crippen LogP contribution in [0.25, 0.3) is 0 Å². The second-order valence-corrected chi connectivity index (χ2v) is 4.38. The lowest BCUT2D eigenvalue weighted by Crippen LogP contribution is -2.37. The zero-order valence-electron chi connectivity index (χ0n) is 10.0. The lowest BCUT2D eigenvalue weighted by atomic mass is 10.0. The summed E-state index contributed by atoms with van der Waals surface area (Å²) in [6, 6.07) is 0. The van der Waals surface area contributed by atoms with E-state index in [1.54, 1.807) is 6.92 Å². The summed E-state index contributed by atoms with van der Waals surface area (Å²) < 4.78 is 5.11. The van der Waals surface area contributed by atoms with Crippen molar-refractivity contribution in [3.05, 3.63) is 17.5 Å². The molecule has 1 aromatic heterocycles. The number of rotatable bonds is 4. The second kappa shape index (κ2) is 4.87. The fourth-order valence-corrected chi connectivity index (χ4v) is 1.74. The third-order valence-corrected chi connectivity index (χ3v) is 2.87. The summed E-state index contributed by atoms with van der Waals surface area (Å²) in [4.78, 5) is 18.7. The van der Waals surface area contributed by atoms with E-state index < -0.39 is 11.6 Å². The Balaban J connectivity index is 2.02. The van der Waals surface area contributed by atoms with Gasteiger partial charge >= 0.3 is 5.97 Å². The van der Waals surface area contributed by atoms with Crippen molar-refractivity contribution >= 4 is 11.9 Å². The second-order valence-electron chi connectivity index (χ2n) is 4.38. The van der Waals surface area contributed by atoms with Crippen LogP contribution in [0.5, 0.6) is 0 Å². The fourth-order valence-electron chi connectivity index (χ4n) is 1.74. The van der Waals surface area contributed by atoms with Gasteiger partial charge in [-0.2, -0.15) is 0 Å². The maximum atomic E-state index is 10.8. The standard InChI is InChI=1S/C11H15N3O4/c1-7-8(9(15)16)4-12-10(14-7)13-5-11(17)2-3-18-6-11/h4,17H,2-3,5-6H2,1H3,(H,15,16)(H,12,13,14). The number of nitrogens with one attached hydrogen (secondary N) is 1. The Hall–Kier alpha value is -1.73. The van der Waals surface area contributed by atoms with Crippen LogP contribution >= 0.6 is 0 Å². The maximum Gasteiger partial charge on any atom is 0.339 e. The lowest BCUT2D eigenvalue weighted by Gasteiger charge is -2.20. The van der Waals surface area contributed by atoms with Gasteiger partial charge < -0.3 is 20.3 Å². The number of aromatic nitrogens is 2. The first-order valence-corrected chi connectivity index (χ1v) is 5.61. The highest BCUT2D eigenvalue weighted by atomic mass is 16.5. The van der Waals surface area contributed by atoms with Gasteiger partial charge in [-0.3, -0.25) is 0 Å². The minimum Gasteiger partial charge on any atom is -0.478 e. The van der Waals surface area contributed by atoms with E-state index in [-0.39, 0.29) is 18.7 Å². The molecule has 0 amide bonds. The molecule has 1 aliphatic heterocycles. The van der Waals surface area contributed by atoms with Gasteiger partial charge in [0, 0.05) is 25.8 Å². The molecule has 2 rings (SSSR count). The minimum atomic E-state index is -1.05. The van der Waals surface area contributed by atoms with Gasteiger partial charge in [-0.05, 0) is 6.92 Å². The molecule has 0 radical (unpaired) electrons. The molecule has 1 fully saturated rings. The molecule has 2 heterocycles. The highest BCUT2D eigenvalue weighted by Crippen LogP contribution is 2.18. The molecule has 18 heavy (non-hydrogen) atoms. The third-order valence-electron chi connectivity index (χ3n) is 2.87. The zero-order valence-corrected chi connectivity index (χ0v) is 10.0. The first-order valence-electron chi connectivity index (χ1n) is 5.61. The van der Waals surface area contributed by atoms with Crippen molar-refractivity contribution in [3.63, 3.8) is 0 Å². The number of nitrogens with zero attached hydrogens (tertiary/aromatic N) is 2. The molecule has 0 spiro atoms. The van der Waals surface area contributed by atoms with Crippen LogP contribution in [0, 0.1) is 6.92 Å². The van der Waals surface area contributed by atoms with Gasteiger partial charge in [-0.15, -0.1) is 0 Å². The van der Waals surface area contributed by atoms with Crippen molar-refractivity contribution in [1.29, 1.82) is 0 Å². The van der Waals surface area contributed by atoms with Crippen LogP contribution in [0.2, 0.25) is 0 Å². The van der Waals surface area contributed by atoms with Crippen LogP contribution in [0.3, 0.4) is 0 Å². The topological polar surface area (TPSA) is 105 Å². The Kier molecular flexibility index (Phi) is 3.44. The van der Waals surface area contributed by atoms with Gasteiger partial charge in [-0.25, -0.2) is 14.8 Å². The Labute approximate surface area is 104 Å². The Morgan fingerprint density at radius 3 is 3.00 bits per heavy atom. The smallest absolute Gasteiger partial charge is 0.339 e. The Morgan fingerprint density at radius 2 is 2.44 bits per heavy atom. The molecule has 1 unspecified atom stereocenters. The SMILES string of the molecule is Cc1nc(NCC2(O)CCOC2)ncc1C(=O)O. The minimum absolute atomic E-state index is 0.0726. The average Bonchev–Trinajstić information content (AvgIpc) is 2.74. The first-order chi connectivity index (χ1) is 8.50. The lowest BCUT2D eigenvalue weighted by molar-refractivity contribution is 0.0380. The van der Waals surface area contributed by atoms with E-state index in [4.69, 9.17) is 9.84 Å². The molecule has 7 nitrogen and oxygen atoms in total. The van der Waals surface area contributed by atoms with Crippen molar-refractivity contribution in [3.8, 4) is 0 Å². The van der Waals surface area contributed by atoms with E-state index in [9.17, 15) is 9.90 Å². The number of hydrogen-bond donors (Lipinski definition) is 3. The molecular formula is C11H15N3O4. The predicted octanol–water partition coefficient (Wildman–Crippen LogP) is 0.0465. The summed E-state index contributed by atoms with van der Waals surface area (Å²) >= 11 is 0. The fraction of sp³-hybridized carbons (Fsp3) is 0.545. The summed E-state index contributed by atoms with van der Waals surface area (Å²) in [7, 11) is 0. The van der Waals surface area contributed by atoms with Gasteiger partial charge in [0.1, 0.15) is 5.60 Å². The van der Waals surface area contributed by atoms with Crippen molar-refractivity contribution < 1.29 is 19.7 Å². The van der Waals surface area contributed by atoms with Gasteiger partial charge in [0.25, 0.3) is 0 Å². The number of aryl methyl sites for hydroxylation is 1. The molecule has 0 saturated carbocycles. The third kappa shape index (κ3) is 2.74. The van der Waals surface area contributed by atoms with Crippen molar-refractivity contribution in [1.82, 2.24) is 9.97 Å². The summed E-state index contributed by atoms with van der Waals surface area (Å²) in [5.74, 6) is -0.750. The van der Waals surface area contributed by atoms with Crippen LogP contribution in [0.1, 0.15) is 22.5 Å². The number of carbonyl (C=O) groups is 1. The molecule has 0 aliphatic carbocycles. The summed E-state index contributed by atoms with van der Waals surface area (Å²) in [6.07, 6.45) is 1.81. The van der Waals surface area contributed by atoms with E-state index in [1.807, 2.05) is 0 Å². The summed E-state index contributed by atoms with van der Waals surface area (Å²) in [5.41, 5.74) is -0.443. The van der Waals surface area contributed by atoms with Gasteiger partial charge in [0.05, 0.1) is 17.9 Å². The maximum absolute atomic E-state index is 10.8. The van der Waals surface area contributed by atoms with Crippen molar-refractivity contribution in [2.75, 3.05) is 25.1 Å². The van der Waals surface area contributed by atoms with Crippen molar-refractivity contribution in [2.24, 2.45) is 0 Å². The van der Waals surface area contributed by atoms with Gasteiger partial charge in [0.15, 0.2) is 0 Å². The monoisotopic (exact) mass is 253 g/mol. The number of aromatic carboxylic acids is 1. The van der Waals surface area contributed by atoms with Crippen LogP contribution in [-0.2, 0) is 4.74 Å². The van der Waals surface area contributed by atoms with E-state index in [1.165, 1.54) is 6.20 Å². The van der Waals surface area contributed by atoms with Gasteiger partial charge in [-0.1, -0.05) is 0 Å². The molecular weight excluding hydrogens is 238 g/mol. The molecule has 1 aliphatic rings. The van der Waals surface area contributed by atoms with E-state index >= 15 is 0 Å². The molecule has 7 heteroatoms. The molecule has 0 bridgehead atoms. The predicted molar refractivity (Wildman–Crippen MR) is 62.6 cm³/mol. The Morgan fingerprint density at radius 1 is 1.67 bits per heavy atom. The van der Waals surface area contributed by atoms with E-state index in [2.05, 4.69) is 15.3 Å². The summed E-state index contributed by atoms with van der Waals surface area (Å²) in [6.45, 7) is 2.70. The normalized spacial score (nSPS) is 23.0. The zero-order chi connectivity index (χ0) is 13.2. The van der Waals surface area contributed by atoms with Crippen LogP contribution in [-0.4, -0.2) is 51.5 Å². The number of hydrogen-bond acceptors (Lipinski definition) is 6. The number of carboxylic acids is 1. The molecule has 98 valence electrons. The highest BCUT2D eigenvalue weighted by molar-refractivity contribution is 5.88. The number of aliphatic hydroxyl groups is 1. The number of anilines is 1. The summed E-state index contributed by atoms with van der Waals surface area (Å²) in [5, 5.41) is 21.8. The van der Waals surface area contributed by atoms with E-state index in [0.29, 0.717) is 24.7 Å².